The second-order valence-corrected chi connectivity index (χ2v) is 15.8. The molecular weight excluding hydrogens is 557 g/mol. The van der Waals surface area contributed by atoms with Crippen molar-refractivity contribution in [1.82, 2.24) is 24.1 Å². The smallest absolute Gasteiger partial charge is 0.211 e. The molecule has 5 heterocycles. The molecule has 2 aliphatic rings. The molecule has 1 N–H and O–H groups in total. The lowest BCUT2D eigenvalue weighted by atomic mass is 9.72. The molecule has 0 bridgehead atoms. The third-order valence-corrected chi connectivity index (χ3v) is 12.0. The van der Waals surface area contributed by atoms with Gasteiger partial charge in [-0.1, -0.05) is 36.0 Å². The Kier molecular flexibility index (Phi) is 6.59. The number of nitrogens with zero attached hydrogens (tertiary/aromatic N) is 5. The number of rotatable bonds is 5. The predicted octanol–water partition coefficient (Wildman–Crippen LogP) is 5.91. The largest absolute Gasteiger partial charge is 0.598 e. The highest BCUT2D eigenvalue weighted by Crippen LogP contribution is 2.46. The molecule has 5 aromatic rings. The van der Waals surface area contributed by atoms with Gasteiger partial charge < -0.3 is 9.45 Å². The summed E-state index contributed by atoms with van der Waals surface area (Å²) in [6.07, 6.45) is 10.7. The van der Waals surface area contributed by atoms with Crippen LogP contribution in [-0.2, 0) is 24.2 Å². The summed E-state index contributed by atoms with van der Waals surface area (Å²) < 4.78 is 19.9. The van der Waals surface area contributed by atoms with Crippen LogP contribution in [-0.4, -0.2) is 47.8 Å². The van der Waals surface area contributed by atoms with E-state index < -0.39 is 11.4 Å². The Morgan fingerprint density at radius 2 is 1.85 bits per heavy atom. The molecule has 0 saturated carbocycles. The Morgan fingerprint density at radius 1 is 1.05 bits per heavy atom. The SMILES string of the molecule is CC(C)(C)[S+]([O-])NC1CN(c2ncc(Sc3ccnc4ccsc34)c3nccn23)CCC12Cc1ccccc1C2. The molecule has 1 aromatic carbocycles. The van der Waals surface area contributed by atoms with Crippen molar-refractivity contribution in [3.8, 4) is 0 Å². The molecule has 40 heavy (non-hydrogen) atoms. The van der Waals surface area contributed by atoms with Crippen molar-refractivity contribution in [2.24, 2.45) is 5.41 Å². The Labute approximate surface area is 245 Å². The molecule has 2 unspecified atom stereocenters. The highest BCUT2D eigenvalue weighted by atomic mass is 32.2. The number of imidazole rings is 1. The fourth-order valence-electron chi connectivity index (χ4n) is 6.07. The molecule has 1 aliphatic heterocycles. The fourth-order valence-corrected chi connectivity index (χ4v) is 8.95. The topological polar surface area (TPSA) is 81.4 Å². The van der Waals surface area contributed by atoms with Gasteiger partial charge in [0, 0.05) is 59.5 Å². The number of nitrogens with one attached hydrogen (secondary N) is 1. The molecule has 0 amide bonds. The Morgan fingerprint density at radius 3 is 2.62 bits per heavy atom. The van der Waals surface area contributed by atoms with Gasteiger partial charge in [0.15, 0.2) is 5.65 Å². The third kappa shape index (κ3) is 4.59. The van der Waals surface area contributed by atoms with Crippen LogP contribution in [0.1, 0.15) is 38.3 Å². The minimum atomic E-state index is -1.17. The molecular formula is C30H32N6OS3. The minimum absolute atomic E-state index is 0.0400. The molecule has 10 heteroatoms. The van der Waals surface area contributed by atoms with Gasteiger partial charge in [-0.3, -0.25) is 9.38 Å². The Bertz CT molecular complexity index is 1670. The van der Waals surface area contributed by atoms with Gasteiger partial charge in [-0.2, -0.15) is 0 Å². The summed E-state index contributed by atoms with van der Waals surface area (Å²) in [5, 5.41) is 2.08. The maximum absolute atomic E-state index is 13.4. The zero-order chi connectivity index (χ0) is 27.5. The van der Waals surface area contributed by atoms with Crippen molar-refractivity contribution < 1.29 is 4.55 Å². The zero-order valence-electron chi connectivity index (χ0n) is 22.8. The number of anilines is 1. The van der Waals surface area contributed by atoms with E-state index in [1.54, 1.807) is 23.1 Å². The number of hydrogen-bond donors (Lipinski definition) is 1. The summed E-state index contributed by atoms with van der Waals surface area (Å²) >= 11 is 2.22. The first-order valence-corrected chi connectivity index (χ1v) is 16.5. The van der Waals surface area contributed by atoms with Gasteiger partial charge in [0.1, 0.15) is 4.75 Å². The Hall–Kier alpha value is -2.63. The summed E-state index contributed by atoms with van der Waals surface area (Å²) in [6, 6.07) is 13.0. The van der Waals surface area contributed by atoms with Crippen LogP contribution in [0.2, 0.25) is 0 Å². The first-order chi connectivity index (χ1) is 19.3. The van der Waals surface area contributed by atoms with Crippen LogP contribution < -0.4 is 9.62 Å². The second-order valence-electron chi connectivity index (χ2n) is 11.8. The summed E-state index contributed by atoms with van der Waals surface area (Å²) in [5.41, 5.74) is 4.81. The molecule has 4 aromatic heterocycles. The second kappa shape index (κ2) is 10.0. The maximum atomic E-state index is 13.4. The third-order valence-electron chi connectivity index (χ3n) is 8.22. The van der Waals surface area contributed by atoms with Gasteiger partial charge in [0.05, 0.1) is 21.2 Å². The maximum Gasteiger partial charge on any atom is 0.211 e. The molecule has 1 fully saturated rings. The lowest BCUT2D eigenvalue weighted by Crippen LogP contribution is -2.61. The summed E-state index contributed by atoms with van der Waals surface area (Å²) in [7, 11) is 0. The van der Waals surface area contributed by atoms with Gasteiger partial charge >= 0.3 is 0 Å². The van der Waals surface area contributed by atoms with Crippen LogP contribution in [0.4, 0.5) is 5.95 Å². The monoisotopic (exact) mass is 588 g/mol. The average molecular weight is 589 g/mol. The highest BCUT2D eigenvalue weighted by Gasteiger charge is 2.50. The Balaban J connectivity index is 1.20. The van der Waals surface area contributed by atoms with E-state index in [1.807, 2.05) is 45.6 Å². The number of aromatic nitrogens is 4. The lowest BCUT2D eigenvalue weighted by Gasteiger charge is -2.46. The number of thiophene rings is 1. The standard InChI is InChI=1S/C30H32N6OS3/c1-29(2,3)40(37)34-25-19-35(13-10-30(25)16-20-6-4-5-7-21(20)17-30)28-33-18-24(27-32-12-14-36(27)28)39-23-8-11-31-22-9-15-38-26(22)23/h4-9,11-12,14-15,18,25,34H,10,13,16-17,19H2,1-3H3. The van der Waals surface area contributed by atoms with E-state index in [0.717, 1.165) is 59.3 Å². The summed E-state index contributed by atoms with van der Waals surface area (Å²) in [5.74, 6) is 0.881. The van der Waals surface area contributed by atoms with Gasteiger partial charge in [0.2, 0.25) is 5.95 Å². The molecule has 2 atom stereocenters. The number of pyridine rings is 1. The van der Waals surface area contributed by atoms with Crippen molar-refractivity contribution in [3.63, 3.8) is 0 Å². The van der Waals surface area contributed by atoms with E-state index in [-0.39, 0.29) is 16.2 Å². The van der Waals surface area contributed by atoms with Gasteiger partial charge in [0.25, 0.3) is 0 Å². The number of piperidine rings is 1. The lowest BCUT2D eigenvalue weighted by molar-refractivity contribution is 0.179. The van der Waals surface area contributed by atoms with Gasteiger partial charge in [-0.05, 0) is 68.7 Å². The molecule has 1 aliphatic carbocycles. The number of fused-ring (bicyclic) bond motifs is 3. The number of hydrogen-bond acceptors (Lipinski definition) is 8. The van der Waals surface area contributed by atoms with Crippen molar-refractivity contribution in [3.05, 3.63) is 77.7 Å². The van der Waals surface area contributed by atoms with Crippen molar-refractivity contribution >= 4 is 56.3 Å². The van der Waals surface area contributed by atoms with Crippen LogP contribution in [0.5, 0.6) is 0 Å². The van der Waals surface area contributed by atoms with E-state index in [2.05, 4.69) is 60.8 Å². The zero-order valence-corrected chi connectivity index (χ0v) is 25.3. The van der Waals surface area contributed by atoms with E-state index in [0.29, 0.717) is 0 Å². The molecule has 206 valence electrons. The average Bonchev–Trinajstić information content (AvgIpc) is 3.69. The minimum Gasteiger partial charge on any atom is -0.598 e. The van der Waals surface area contributed by atoms with E-state index in [1.165, 1.54) is 15.8 Å². The van der Waals surface area contributed by atoms with Crippen LogP contribution in [0.3, 0.4) is 0 Å². The molecule has 1 saturated heterocycles. The van der Waals surface area contributed by atoms with Gasteiger partial charge in [-0.25, -0.2) is 9.97 Å². The van der Waals surface area contributed by atoms with Crippen LogP contribution in [0.15, 0.2) is 76.4 Å². The quantitative estimate of drug-likeness (QED) is 0.256. The van der Waals surface area contributed by atoms with E-state index >= 15 is 0 Å². The molecule has 7 rings (SSSR count). The van der Waals surface area contributed by atoms with Crippen molar-refractivity contribution in [2.45, 2.75) is 60.6 Å². The predicted molar refractivity (Wildman–Crippen MR) is 165 cm³/mol. The molecule has 7 nitrogen and oxygen atoms in total. The van der Waals surface area contributed by atoms with E-state index in [9.17, 15) is 4.55 Å². The van der Waals surface area contributed by atoms with Crippen LogP contribution in [0.25, 0.3) is 15.9 Å². The first kappa shape index (κ1) is 26.3. The summed E-state index contributed by atoms with van der Waals surface area (Å²) in [6.45, 7) is 7.73. The number of benzene rings is 1. The fraction of sp³-hybridized carbons (Fsp3) is 0.367. The van der Waals surface area contributed by atoms with E-state index in [4.69, 9.17) is 9.97 Å². The first-order valence-electron chi connectivity index (χ1n) is 13.6. The normalized spacial score (nSPS) is 19.5. The van der Waals surface area contributed by atoms with Crippen LogP contribution >= 0.6 is 23.1 Å². The van der Waals surface area contributed by atoms with Gasteiger partial charge in [-0.15, -0.1) is 16.1 Å². The summed E-state index contributed by atoms with van der Waals surface area (Å²) in [4.78, 5) is 18.7. The molecule has 1 spiro atoms. The van der Waals surface area contributed by atoms with Crippen molar-refractivity contribution in [1.29, 1.82) is 0 Å². The van der Waals surface area contributed by atoms with Crippen molar-refractivity contribution in [2.75, 3.05) is 18.0 Å². The van der Waals surface area contributed by atoms with Crippen LogP contribution in [0, 0.1) is 5.41 Å². The highest BCUT2D eigenvalue weighted by molar-refractivity contribution is 8.00. The molecule has 0 radical (unpaired) electrons.